The van der Waals surface area contributed by atoms with E-state index in [0.717, 1.165) is 11.4 Å². The minimum absolute atomic E-state index is 0.340. The highest BCUT2D eigenvalue weighted by atomic mass is 35.5. The van der Waals surface area contributed by atoms with Crippen LogP contribution in [0.1, 0.15) is 17.0 Å². The molecule has 0 heterocycles. The van der Waals surface area contributed by atoms with Gasteiger partial charge in [0.05, 0.1) is 0 Å². The van der Waals surface area contributed by atoms with Crippen molar-refractivity contribution in [3.8, 4) is 0 Å². The molecule has 2 aromatic carbocycles. The number of hydrogen-bond acceptors (Lipinski definition) is 2. The maximum atomic E-state index is 5.94. The highest BCUT2D eigenvalue weighted by Crippen LogP contribution is 2.23. The molecule has 0 amide bonds. The van der Waals surface area contributed by atoms with E-state index in [1.807, 2.05) is 26.2 Å². The summed E-state index contributed by atoms with van der Waals surface area (Å²) < 4.78 is 0. The van der Waals surface area contributed by atoms with Crippen LogP contribution in [0.25, 0.3) is 0 Å². The van der Waals surface area contributed by atoms with E-state index in [2.05, 4.69) is 41.3 Å². The summed E-state index contributed by atoms with van der Waals surface area (Å²) in [6.07, 6.45) is 0.939. The lowest BCUT2D eigenvalue weighted by molar-refractivity contribution is 0.694. The van der Waals surface area contributed by atoms with Crippen LogP contribution < -0.4 is 10.6 Å². The van der Waals surface area contributed by atoms with E-state index < -0.39 is 0 Å². The molecule has 1 atom stereocenters. The first kappa shape index (κ1) is 14.9. The van der Waals surface area contributed by atoms with Crippen LogP contribution in [0.5, 0.6) is 0 Å². The van der Waals surface area contributed by atoms with E-state index in [0.29, 0.717) is 12.5 Å². The number of anilines is 1. The van der Waals surface area contributed by atoms with Crippen LogP contribution >= 0.6 is 11.6 Å². The van der Waals surface area contributed by atoms with Crippen molar-refractivity contribution in [2.75, 3.05) is 25.5 Å². The molecule has 0 spiro atoms. The first-order valence-electron chi connectivity index (χ1n) is 6.82. The Morgan fingerprint density at radius 3 is 2.10 bits per heavy atom. The molecule has 0 saturated heterocycles. The van der Waals surface area contributed by atoms with Crippen molar-refractivity contribution < 1.29 is 0 Å². The van der Waals surface area contributed by atoms with Crippen LogP contribution in [0, 0.1) is 0 Å². The third-order valence-electron chi connectivity index (χ3n) is 3.56. The van der Waals surface area contributed by atoms with Gasteiger partial charge in [0, 0.05) is 30.7 Å². The summed E-state index contributed by atoms with van der Waals surface area (Å²) in [5.41, 5.74) is 9.70. The average molecular weight is 289 g/mol. The van der Waals surface area contributed by atoms with Crippen LogP contribution in [0.2, 0.25) is 5.02 Å². The van der Waals surface area contributed by atoms with Gasteiger partial charge in [-0.15, -0.1) is 0 Å². The Kier molecular flexibility index (Phi) is 5.05. The lowest BCUT2D eigenvalue weighted by Gasteiger charge is -2.18. The van der Waals surface area contributed by atoms with Gasteiger partial charge in [-0.25, -0.2) is 0 Å². The Morgan fingerprint density at radius 1 is 1.00 bits per heavy atom. The number of nitrogens with zero attached hydrogens (tertiary/aromatic N) is 1. The Bertz CT molecular complexity index is 532. The lowest BCUT2D eigenvalue weighted by atomic mass is 9.92. The van der Waals surface area contributed by atoms with Crippen molar-refractivity contribution in [3.05, 3.63) is 64.7 Å². The first-order valence-corrected chi connectivity index (χ1v) is 7.19. The minimum atomic E-state index is 0.340. The maximum Gasteiger partial charge on any atom is 0.0406 e. The van der Waals surface area contributed by atoms with Crippen LogP contribution in [-0.4, -0.2) is 20.6 Å². The van der Waals surface area contributed by atoms with Gasteiger partial charge in [-0.1, -0.05) is 35.9 Å². The molecule has 0 radical (unpaired) electrons. The summed E-state index contributed by atoms with van der Waals surface area (Å²) in [6.45, 7) is 0.643. The van der Waals surface area contributed by atoms with Crippen LogP contribution in [0.3, 0.4) is 0 Å². The molecule has 2 nitrogen and oxygen atoms in total. The summed E-state index contributed by atoms with van der Waals surface area (Å²) >= 11 is 5.92. The van der Waals surface area contributed by atoms with Gasteiger partial charge < -0.3 is 10.6 Å². The van der Waals surface area contributed by atoms with Gasteiger partial charge >= 0.3 is 0 Å². The molecule has 0 aliphatic heterocycles. The zero-order valence-corrected chi connectivity index (χ0v) is 12.8. The van der Waals surface area contributed by atoms with E-state index >= 15 is 0 Å². The normalized spacial score (nSPS) is 12.2. The highest BCUT2D eigenvalue weighted by molar-refractivity contribution is 6.30. The van der Waals surface area contributed by atoms with E-state index in [1.54, 1.807) is 0 Å². The van der Waals surface area contributed by atoms with Crippen LogP contribution in [0.15, 0.2) is 48.5 Å². The Hall–Kier alpha value is -1.51. The van der Waals surface area contributed by atoms with Crippen molar-refractivity contribution in [1.29, 1.82) is 0 Å². The molecule has 0 aliphatic rings. The Morgan fingerprint density at radius 2 is 1.60 bits per heavy atom. The summed E-state index contributed by atoms with van der Waals surface area (Å²) in [5, 5.41) is 0.772. The van der Waals surface area contributed by atoms with E-state index in [1.165, 1.54) is 16.8 Å². The molecule has 20 heavy (non-hydrogen) atoms. The standard InChI is InChI=1S/C17H21ClN2/c1-20(2)17-9-5-14(6-10-17)15(12-19)11-13-3-7-16(18)8-4-13/h3-10,15H,11-12,19H2,1-2H3. The van der Waals surface area contributed by atoms with Gasteiger partial charge in [0.15, 0.2) is 0 Å². The Labute approximate surface area is 126 Å². The van der Waals surface area contributed by atoms with Crippen molar-refractivity contribution in [1.82, 2.24) is 0 Å². The van der Waals surface area contributed by atoms with Crippen LogP contribution in [0.4, 0.5) is 5.69 Å². The predicted octanol–water partition coefficient (Wildman–Crippen LogP) is 3.69. The molecular weight excluding hydrogens is 268 g/mol. The van der Waals surface area contributed by atoms with Gasteiger partial charge in [0.2, 0.25) is 0 Å². The molecule has 2 rings (SSSR count). The molecular formula is C17H21ClN2. The molecule has 2 N–H and O–H groups in total. The van der Waals surface area contributed by atoms with E-state index in [9.17, 15) is 0 Å². The maximum absolute atomic E-state index is 5.94. The fourth-order valence-electron chi connectivity index (χ4n) is 2.29. The number of halogens is 1. The van der Waals surface area contributed by atoms with Gasteiger partial charge in [0.25, 0.3) is 0 Å². The second kappa shape index (κ2) is 6.78. The molecule has 0 bridgehead atoms. The van der Waals surface area contributed by atoms with Gasteiger partial charge in [-0.3, -0.25) is 0 Å². The van der Waals surface area contributed by atoms with Crippen molar-refractivity contribution >= 4 is 17.3 Å². The fourth-order valence-corrected chi connectivity index (χ4v) is 2.41. The van der Waals surface area contributed by atoms with E-state index in [-0.39, 0.29) is 0 Å². The van der Waals surface area contributed by atoms with Gasteiger partial charge in [-0.2, -0.15) is 0 Å². The van der Waals surface area contributed by atoms with Crippen molar-refractivity contribution in [2.45, 2.75) is 12.3 Å². The van der Waals surface area contributed by atoms with Gasteiger partial charge in [-0.05, 0) is 48.4 Å². The SMILES string of the molecule is CN(C)c1ccc(C(CN)Cc2ccc(Cl)cc2)cc1. The van der Waals surface area contributed by atoms with Gasteiger partial charge in [0.1, 0.15) is 0 Å². The fraction of sp³-hybridized carbons (Fsp3) is 0.294. The summed E-state index contributed by atoms with van der Waals surface area (Å²) in [4.78, 5) is 2.10. The molecule has 2 aromatic rings. The topological polar surface area (TPSA) is 29.3 Å². The largest absolute Gasteiger partial charge is 0.378 e. The van der Waals surface area contributed by atoms with Crippen molar-refractivity contribution in [3.63, 3.8) is 0 Å². The predicted molar refractivity (Wildman–Crippen MR) is 87.7 cm³/mol. The summed E-state index contributed by atoms with van der Waals surface area (Å²) in [7, 11) is 4.09. The summed E-state index contributed by atoms with van der Waals surface area (Å²) in [5.74, 6) is 0.340. The highest BCUT2D eigenvalue weighted by Gasteiger charge is 2.11. The molecule has 106 valence electrons. The number of nitrogens with two attached hydrogens (primary N) is 1. The number of hydrogen-bond donors (Lipinski definition) is 1. The smallest absolute Gasteiger partial charge is 0.0406 e. The second-order valence-corrected chi connectivity index (χ2v) is 5.69. The quantitative estimate of drug-likeness (QED) is 0.909. The molecule has 3 heteroatoms. The average Bonchev–Trinajstić information content (AvgIpc) is 2.47. The zero-order chi connectivity index (χ0) is 14.5. The van der Waals surface area contributed by atoms with E-state index in [4.69, 9.17) is 17.3 Å². The molecule has 0 fully saturated rings. The lowest BCUT2D eigenvalue weighted by Crippen LogP contribution is -2.15. The first-order chi connectivity index (χ1) is 9.60. The number of benzene rings is 2. The molecule has 0 saturated carbocycles. The monoisotopic (exact) mass is 288 g/mol. The number of rotatable bonds is 5. The van der Waals surface area contributed by atoms with Crippen LogP contribution in [-0.2, 0) is 6.42 Å². The Balaban J connectivity index is 2.13. The second-order valence-electron chi connectivity index (χ2n) is 5.25. The molecule has 0 aromatic heterocycles. The third kappa shape index (κ3) is 3.75. The van der Waals surface area contributed by atoms with Crippen molar-refractivity contribution in [2.24, 2.45) is 5.73 Å². The molecule has 1 unspecified atom stereocenters. The third-order valence-corrected chi connectivity index (χ3v) is 3.81. The zero-order valence-electron chi connectivity index (χ0n) is 12.0. The summed E-state index contributed by atoms with van der Waals surface area (Å²) in [6, 6.07) is 16.6. The minimum Gasteiger partial charge on any atom is -0.378 e. The molecule has 0 aliphatic carbocycles.